The van der Waals surface area contributed by atoms with E-state index in [1.54, 1.807) is 0 Å². The van der Waals surface area contributed by atoms with Crippen LogP contribution in [0.4, 0.5) is 0 Å². The molecule has 0 radical (unpaired) electrons. The van der Waals surface area contributed by atoms with Crippen LogP contribution in [0.15, 0.2) is 0 Å². The summed E-state index contributed by atoms with van der Waals surface area (Å²) in [5, 5.41) is 4.28. The van der Waals surface area contributed by atoms with Gasteiger partial charge in [0.25, 0.3) is 0 Å². The Morgan fingerprint density at radius 1 is 1.38 bits per heavy atom. The van der Waals surface area contributed by atoms with Gasteiger partial charge in [0.15, 0.2) is 0 Å². The summed E-state index contributed by atoms with van der Waals surface area (Å²) in [4.78, 5) is 15.2. The molecule has 122 valence electrons. The van der Waals surface area contributed by atoms with Gasteiger partial charge in [0.1, 0.15) is 0 Å². The standard InChI is InChI=1S/C17H32N2OS/c1-5-6-8-13-17(20)19(16(18-13)11-12(2)3)14-9-7-10-15(14)21-4/h12-16,18H,5-11H2,1-4H3. The van der Waals surface area contributed by atoms with Crippen molar-refractivity contribution in [2.45, 2.75) is 89.2 Å². The van der Waals surface area contributed by atoms with Gasteiger partial charge in [-0.2, -0.15) is 11.8 Å². The first-order valence-electron chi connectivity index (χ1n) is 8.69. The summed E-state index contributed by atoms with van der Waals surface area (Å²) in [6, 6.07) is 0.521. The minimum atomic E-state index is 0.0665. The molecule has 0 bridgehead atoms. The van der Waals surface area contributed by atoms with Gasteiger partial charge in [-0.25, -0.2) is 0 Å². The first-order chi connectivity index (χ1) is 10.1. The van der Waals surface area contributed by atoms with E-state index in [0.717, 1.165) is 25.7 Å². The van der Waals surface area contributed by atoms with Gasteiger partial charge in [0.2, 0.25) is 5.91 Å². The highest BCUT2D eigenvalue weighted by Gasteiger charge is 2.45. The molecule has 1 aliphatic carbocycles. The van der Waals surface area contributed by atoms with Gasteiger partial charge in [0.05, 0.1) is 12.2 Å². The molecule has 2 fully saturated rings. The predicted octanol–water partition coefficient (Wildman–Crippen LogP) is 3.63. The summed E-state index contributed by atoms with van der Waals surface area (Å²) in [5.41, 5.74) is 0. The summed E-state index contributed by atoms with van der Waals surface area (Å²) in [6.07, 6.45) is 10.6. The topological polar surface area (TPSA) is 32.3 Å². The Hall–Kier alpha value is -0.220. The number of nitrogens with zero attached hydrogens (tertiary/aromatic N) is 1. The van der Waals surface area contributed by atoms with Crippen LogP contribution in [0.25, 0.3) is 0 Å². The Morgan fingerprint density at radius 3 is 2.76 bits per heavy atom. The van der Waals surface area contributed by atoms with Crippen molar-refractivity contribution in [3.05, 3.63) is 0 Å². The lowest BCUT2D eigenvalue weighted by molar-refractivity contribution is -0.132. The highest BCUT2D eigenvalue weighted by Crippen LogP contribution is 2.36. The highest BCUT2D eigenvalue weighted by molar-refractivity contribution is 7.99. The molecular weight excluding hydrogens is 280 g/mol. The smallest absolute Gasteiger partial charge is 0.241 e. The molecule has 0 aromatic rings. The summed E-state index contributed by atoms with van der Waals surface area (Å²) in [5.74, 6) is 0.997. The summed E-state index contributed by atoms with van der Waals surface area (Å²) < 4.78 is 0. The molecule has 1 aliphatic heterocycles. The molecular formula is C17H32N2OS. The van der Waals surface area contributed by atoms with E-state index < -0.39 is 0 Å². The highest BCUT2D eigenvalue weighted by atomic mass is 32.2. The Bertz CT molecular complexity index is 348. The molecule has 1 saturated heterocycles. The van der Waals surface area contributed by atoms with Crippen molar-refractivity contribution in [1.82, 2.24) is 10.2 Å². The van der Waals surface area contributed by atoms with Crippen LogP contribution in [-0.2, 0) is 4.79 Å². The van der Waals surface area contributed by atoms with E-state index in [0.29, 0.717) is 23.1 Å². The zero-order valence-corrected chi connectivity index (χ0v) is 14.9. The van der Waals surface area contributed by atoms with Crippen LogP contribution in [-0.4, -0.2) is 40.6 Å². The average Bonchev–Trinajstić information content (AvgIpc) is 3.00. The predicted molar refractivity (Wildman–Crippen MR) is 91.5 cm³/mol. The Balaban J connectivity index is 2.11. The number of rotatable bonds is 7. The number of amides is 1. The number of unbranched alkanes of at least 4 members (excludes halogenated alkanes) is 1. The van der Waals surface area contributed by atoms with Crippen molar-refractivity contribution in [1.29, 1.82) is 0 Å². The Morgan fingerprint density at radius 2 is 2.14 bits per heavy atom. The second-order valence-electron chi connectivity index (χ2n) is 7.02. The monoisotopic (exact) mass is 312 g/mol. The molecule has 2 aliphatic rings. The SMILES string of the molecule is CCCCC1NC(CC(C)C)N(C2CCCC2SC)C1=O. The van der Waals surface area contributed by atoms with Gasteiger partial charge in [-0.05, 0) is 37.9 Å². The van der Waals surface area contributed by atoms with Gasteiger partial charge in [0, 0.05) is 11.3 Å². The van der Waals surface area contributed by atoms with E-state index in [9.17, 15) is 4.79 Å². The third kappa shape index (κ3) is 3.95. The first-order valence-corrected chi connectivity index (χ1v) is 9.98. The minimum absolute atomic E-state index is 0.0665. The number of carbonyl (C=O) groups is 1. The summed E-state index contributed by atoms with van der Waals surface area (Å²) in [7, 11) is 0. The van der Waals surface area contributed by atoms with Crippen molar-refractivity contribution in [3.8, 4) is 0 Å². The average molecular weight is 313 g/mol. The van der Waals surface area contributed by atoms with Gasteiger partial charge in [-0.3, -0.25) is 10.1 Å². The van der Waals surface area contributed by atoms with Crippen molar-refractivity contribution >= 4 is 17.7 Å². The maximum atomic E-state index is 12.9. The molecule has 21 heavy (non-hydrogen) atoms. The van der Waals surface area contributed by atoms with E-state index in [1.165, 1.54) is 19.3 Å². The van der Waals surface area contributed by atoms with Crippen LogP contribution in [0, 0.1) is 5.92 Å². The van der Waals surface area contributed by atoms with Crippen LogP contribution in [0.5, 0.6) is 0 Å². The number of thioether (sulfide) groups is 1. The largest absolute Gasteiger partial charge is 0.322 e. The fraction of sp³-hybridized carbons (Fsp3) is 0.941. The number of nitrogens with one attached hydrogen (secondary N) is 1. The van der Waals surface area contributed by atoms with E-state index in [4.69, 9.17) is 0 Å². The molecule has 1 heterocycles. The number of carbonyl (C=O) groups excluding carboxylic acids is 1. The molecule has 0 aromatic carbocycles. The minimum Gasteiger partial charge on any atom is -0.322 e. The molecule has 0 aromatic heterocycles. The second-order valence-corrected chi connectivity index (χ2v) is 8.10. The molecule has 1 saturated carbocycles. The molecule has 4 unspecified atom stereocenters. The van der Waals surface area contributed by atoms with Gasteiger partial charge in [-0.15, -0.1) is 0 Å². The molecule has 0 spiro atoms. The Kier molecular flexibility index (Phi) is 6.42. The van der Waals surface area contributed by atoms with Crippen LogP contribution in [0.3, 0.4) is 0 Å². The lowest BCUT2D eigenvalue weighted by atomic mass is 10.1. The van der Waals surface area contributed by atoms with E-state index in [2.05, 4.69) is 37.2 Å². The maximum Gasteiger partial charge on any atom is 0.241 e. The maximum absolute atomic E-state index is 12.9. The van der Waals surface area contributed by atoms with Crippen LogP contribution >= 0.6 is 11.8 Å². The molecule has 4 atom stereocenters. The molecule has 3 nitrogen and oxygen atoms in total. The van der Waals surface area contributed by atoms with Crippen molar-refractivity contribution in [3.63, 3.8) is 0 Å². The zero-order valence-electron chi connectivity index (χ0n) is 14.1. The fourth-order valence-corrected chi connectivity index (χ4v) is 4.84. The third-order valence-electron chi connectivity index (χ3n) is 4.90. The molecule has 2 rings (SSSR count). The van der Waals surface area contributed by atoms with E-state index in [-0.39, 0.29) is 12.2 Å². The van der Waals surface area contributed by atoms with E-state index >= 15 is 0 Å². The molecule has 4 heteroatoms. The summed E-state index contributed by atoms with van der Waals surface area (Å²) in [6.45, 7) is 6.71. The third-order valence-corrected chi connectivity index (χ3v) is 6.06. The van der Waals surface area contributed by atoms with Crippen LogP contribution in [0.2, 0.25) is 0 Å². The van der Waals surface area contributed by atoms with Crippen LogP contribution in [0.1, 0.15) is 65.7 Å². The van der Waals surface area contributed by atoms with Gasteiger partial charge >= 0.3 is 0 Å². The Labute approximate surface area is 134 Å². The number of hydrogen-bond donors (Lipinski definition) is 1. The van der Waals surface area contributed by atoms with Crippen molar-refractivity contribution < 1.29 is 4.79 Å². The van der Waals surface area contributed by atoms with Gasteiger partial charge < -0.3 is 4.90 Å². The van der Waals surface area contributed by atoms with Gasteiger partial charge in [-0.1, -0.05) is 40.0 Å². The zero-order chi connectivity index (χ0) is 15.4. The normalized spacial score (nSPS) is 33.4. The van der Waals surface area contributed by atoms with Crippen molar-refractivity contribution in [2.24, 2.45) is 5.92 Å². The number of hydrogen-bond acceptors (Lipinski definition) is 3. The molecule has 1 N–H and O–H groups in total. The van der Waals surface area contributed by atoms with E-state index in [1.807, 2.05) is 11.8 Å². The lowest BCUT2D eigenvalue weighted by Crippen LogP contribution is -2.47. The second kappa shape index (κ2) is 7.87. The quantitative estimate of drug-likeness (QED) is 0.779. The molecule has 1 amide bonds. The van der Waals surface area contributed by atoms with Crippen LogP contribution < -0.4 is 5.32 Å². The van der Waals surface area contributed by atoms with Crippen molar-refractivity contribution in [2.75, 3.05) is 6.26 Å². The fourth-order valence-electron chi connectivity index (χ4n) is 3.85. The lowest BCUT2D eigenvalue weighted by Gasteiger charge is -2.34. The first kappa shape index (κ1) is 17.1. The summed E-state index contributed by atoms with van der Waals surface area (Å²) >= 11 is 1.95.